The van der Waals surface area contributed by atoms with Crippen LogP contribution in [0.2, 0.25) is 0 Å². The monoisotopic (exact) mass is 873 g/mol. The molecule has 3 aromatic rings. The highest BCUT2D eigenvalue weighted by Gasteiger charge is 2.50. The molecular weight excluding hydrogens is 837 g/mol. The fraction of sp³-hybridized carbons (Fsp3) is 0.640. The van der Waals surface area contributed by atoms with Crippen molar-refractivity contribution < 1.29 is 70.6 Å². The summed E-state index contributed by atoms with van der Waals surface area (Å²) < 4.78 is 67.4. The molecule has 312 valence electrons. The number of H-pyrrole nitrogens is 2. The fourth-order valence-electron chi connectivity index (χ4n) is 6.28. The van der Waals surface area contributed by atoms with E-state index in [2.05, 4.69) is 45.3 Å². The first-order valence-corrected chi connectivity index (χ1v) is 21.7. The van der Waals surface area contributed by atoms with E-state index in [9.17, 15) is 43.6 Å². The van der Waals surface area contributed by atoms with Crippen molar-refractivity contribution in [3.8, 4) is 0 Å². The van der Waals surface area contributed by atoms with Crippen molar-refractivity contribution in [1.29, 1.82) is 0 Å². The quantitative estimate of drug-likeness (QED) is 0.0793. The molecule has 0 bridgehead atoms. The highest BCUT2D eigenvalue weighted by Crippen LogP contribution is 2.63. The van der Waals surface area contributed by atoms with Gasteiger partial charge >= 0.3 is 0 Å². The number of ether oxygens (including phenoxy) is 4. The summed E-state index contributed by atoms with van der Waals surface area (Å²) in [5.41, 5.74) is 10.0. The third kappa shape index (κ3) is 8.86. The maximum absolute atomic E-state index is 12.8. The van der Waals surface area contributed by atoms with Crippen LogP contribution in [0.15, 0.2) is 15.9 Å². The van der Waals surface area contributed by atoms with Crippen molar-refractivity contribution >= 4 is 68.7 Å². The van der Waals surface area contributed by atoms with E-state index >= 15 is 0 Å². The Morgan fingerprint density at radius 2 is 1.55 bits per heavy atom. The second-order valence-corrected chi connectivity index (χ2v) is 18.6. The number of imidazole rings is 1. The number of methoxy groups -OCH3 is 1. The van der Waals surface area contributed by atoms with E-state index in [4.69, 9.17) is 39.5 Å². The van der Waals surface area contributed by atoms with Crippen molar-refractivity contribution in [1.82, 2.24) is 29.5 Å². The van der Waals surface area contributed by atoms with Crippen LogP contribution in [0.4, 0.5) is 23.4 Å². The lowest BCUT2D eigenvalue weighted by atomic mass is 10.1. The Morgan fingerprint density at radius 1 is 0.964 bits per heavy atom. The molecule has 6 rings (SSSR count). The van der Waals surface area contributed by atoms with Crippen molar-refractivity contribution in [3.63, 3.8) is 0 Å². The van der Waals surface area contributed by atoms with E-state index in [1.807, 2.05) is 0 Å². The van der Waals surface area contributed by atoms with Crippen molar-refractivity contribution in [2.75, 3.05) is 55.3 Å². The molecule has 3 aliphatic heterocycles. The number of aliphatic hydroxyl groups excluding tert-OH is 2. The van der Waals surface area contributed by atoms with Gasteiger partial charge in [0.25, 0.3) is 26.8 Å². The van der Waals surface area contributed by atoms with Gasteiger partial charge in [0.1, 0.15) is 49.0 Å². The number of aromatic nitrogens is 6. The molecule has 27 nitrogen and oxygen atoms in total. The Bertz CT molecular complexity index is 2210. The summed E-state index contributed by atoms with van der Waals surface area (Å²) in [6.45, 7) is -4.21. The SMILES string of the molecule is COC1[C@@H](O)[C@@H](COP(=O)([O-])OP([O-])(=S)OP(=O)([O-])OC[C@H]2O[C@@H](n3cnc4c(=O)[nH]c(N)nc43)[C@@H](O)C2OC(C)C)O[C@H]1N1CN(C)c2c1nc(N)[nH]c2=O. The molecule has 0 aromatic carbocycles. The number of fused-ring (bicyclic) bond motifs is 2. The van der Waals surface area contributed by atoms with E-state index < -0.39 is 102 Å². The number of anilines is 4. The number of aromatic amines is 2. The first-order chi connectivity index (χ1) is 26.1. The second kappa shape index (κ2) is 16.0. The molecule has 2 fully saturated rings. The Hall–Kier alpha value is -2.98. The predicted molar refractivity (Wildman–Crippen MR) is 187 cm³/mol. The number of nitrogens with one attached hydrogen (secondary N) is 2. The first kappa shape index (κ1) is 42.6. The zero-order valence-corrected chi connectivity index (χ0v) is 33.0. The number of nitrogen functional groups attached to an aromatic ring is 2. The van der Waals surface area contributed by atoms with Crippen LogP contribution in [0.1, 0.15) is 20.1 Å². The van der Waals surface area contributed by atoms with Gasteiger partial charge in [0.05, 0.1) is 32.3 Å². The van der Waals surface area contributed by atoms with E-state index in [1.165, 1.54) is 16.9 Å². The number of nitrogens with zero attached hydrogens (tertiary/aromatic N) is 6. The summed E-state index contributed by atoms with van der Waals surface area (Å²) in [5.74, 6) is -0.383. The average Bonchev–Trinajstić information content (AvgIpc) is 3.80. The third-order valence-electron chi connectivity index (χ3n) is 8.46. The van der Waals surface area contributed by atoms with Gasteiger partial charge in [0, 0.05) is 14.2 Å². The molecule has 31 heteroatoms. The van der Waals surface area contributed by atoms with E-state index in [0.717, 1.165) is 10.9 Å². The molecule has 3 aromatic heterocycles. The van der Waals surface area contributed by atoms with Crippen molar-refractivity contribution in [3.05, 3.63) is 27.0 Å². The maximum Gasteiger partial charge on any atom is 0.280 e. The summed E-state index contributed by atoms with van der Waals surface area (Å²) in [6.07, 6.45) is -10.3. The third-order valence-corrected chi connectivity index (χ3v) is 13.8. The van der Waals surface area contributed by atoms with Gasteiger partial charge in [-0.05, 0) is 13.8 Å². The highest BCUT2D eigenvalue weighted by molar-refractivity contribution is 8.09. The molecule has 6 heterocycles. The Labute approximate surface area is 319 Å². The average molecular weight is 874 g/mol. The largest absolute Gasteiger partial charge is 0.779 e. The van der Waals surface area contributed by atoms with Crippen LogP contribution in [-0.2, 0) is 57.6 Å². The van der Waals surface area contributed by atoms with Crippen LogP contribution in [0.5, 0.6) is 0 Å². The predicted octanol–water partition coefficient (Wildman–Crippen LogP) is -3.98. The van der Waals surface area contributed by atoms with Crippen LogP contribution in [0.3, 0.4) is 0 Å². The first-order valence-electron chi connectivity index (χ1n) is 16.2. The molecule has 5 unspecified atom stereocenters. The van der Waals surface area contributed by atoms with Crippen molar-refractivity contribution in [2.45, 2.75) is 69.0 Å². The number of phosphoric ester groups is 2. The summed E-state index contributed by atoms with van der Waals surface area (Å²) in [6, 6.07) is 0. The second-order valence-electron chi connectivity index (χ2n) is 12.8. The normalized spacial score (nSPS) is 29.8. The molecule has 8 N–H and O–H groups in total. The summed E-state index contributed by atoms with van der Waals surface area (Å²) in [7, 11) is -8.75. The van der Waals surface area contributed by atoms with Gasteiger partial charge in [-0.1, -0.05) is 11.8 Å². The lowest BCUT2D eigenvalue weighted by molar-refractivity contribution is -0.244. The molecule has 0 saturated carbocycles. The Morgan fingerprint density at radius 3 is 2.18 bits per heavy atom. The van der Waals surface area contributed by atoms with Crippen molar-refractivity contribution in [2.24, 2.45) is 0 Å². The highest BCUT2D eigenvalue weighted by atomic mass is 32.5. The molecule has 3 aliphatic rings. The van der Waals surface area contributed by atoms with Crippen LogP contribution in [-0.4, -0.2) is 123 Å². The molecule has 0 aliphatic carbocycles. The number of aliphatic hydroxyl groups is 2. The molecule has 2 saturated heterocycles. The van der Waals surface area contributed by atoms with E-state index in [0.29, 0.717) is 0 Å². The smallest absolute Gasteiger partial charge is 0.280 e. The number of hydrogen-bond donors (Lipinski definition) is 6. The summed E-state index contributed by atoms with van der Waals surface area (Å²) >= 11 is 4.49. The van der Waals surface area contributed by atoms with Gasteiger partial charge in [0.2, 0.25) is 11.9 Å². The number of phosphoric acid groups is 2. The van der Waals surface area contributed by atoms with Gasteiger partial charge in [-0.2, -0.15) is 9.97 Å². The summed E-state index contributed by atoms with van der Waals surface area (Å²) in [4.78, 5) is 82.6. The van der Waals surface area contributed by atoms with E-state index in [-0.39, 0.29) is 41.2 Å². The van der Waals surface area contributed by atoms with Gasteiger partial charge < -0.3 is 74.2 Å². The lowest BCUT2D eigenvalue weighted by Crippen LogP contribution is -2.46. The number of rotatable bonds is 15. The topological polar surface area (TPSA) is 385 Å². The van der Waals surface area contributed by atoms with Crippen LogP contribution < -0.4 is 47.1 Å². The molecule has 0 spiro atoms. The summed E-state index contributed by atoms with van der Waals surface area (Å²) in [5, 5.41) is 22.0. The van der Waals surface area contributed by atoms with Gasteiger partial charge in [-0.15, -0.1) is 0 Å². The molecular formula is C25H36N10O17P3S-3. The van der Waals surface area contributed by atoms with Crippen LogP contribution >= 0.6 is 22.4 Å². The number of nitrogens with two attached hydrogens (primary N) is 2. The van der Waals surface area contributed by atoms with E-state index in [1.54, 1.807) is 20.9 Å². The molecule has 0 radical (unpaired) electrons. The zero-order valence-electron chi connectivity index (χ0n) is 29.5. The Kier molecular flexibility index (Phi) is 12.2. The molecule has 0 amide bonds. The fourth-order valence-corrected chi connectivity index (χ4v) is 11.1. The Balaban J connectivity index is 1.07. The standard InChI is InChI=1S/C25H39N10O17P3S/c1-9(2)48-16-11(50-22(15(16)37)34-7-28-12-18(34)29-24(26)31-20(12)38)6-47-54(42,43)52-55(44,56)51-53(40,41)46-5-10-14(36)17(45-4)23(49-10)35-8-33(3)13-19(35)30-25(27)32-21(13)39/h7,9-11,14-17,22-23,36-37H,5-6,8H2,1-4H3,(H,40,41)(H,42,43)(H,44,56)(H3,26,29,31,38)(H3,27,30,32,39)/p-3/t10-,11-,14+,15+,16?,17?,22-,23-,55?/m1/s1. The van der Waals surface area contributed by atoms with Crippen LogP contribution in [0, 0.1) is 0 Å². The molecule has 56 heavy (non-hydrogen) atoms. The van der Waals surface area contributed by atoms with Gasteiger partial charge in [-0.25, -0.2) is 4.98 Å². The minimum Gasteiger partial charge on any atom is -0.779 e. The van der Waals surface area contributed by atoms with Crippen LogP contribution in [0.25, 0.3) is 11.2 Å². The number of hydrogen-bond acceptors (Lipinski definition) is 25. The van der Waals surface area contributed by atoms with Gasteiger partial charge in [-0.3, -0.25) is 41.9 Å². The zero-order chi connectivity index (χ0) is 41.1. The van der Waals surface area contributed by atoms with Gasteiger partial charge in [0.15, 0.2) is 29.4 Å². The molecule has 11 atom stereocenters. The minimum atomic E-state index is -5.78. The minimum absolute atomic E-state index is 0.0210. The lowest BCUT2D eigenvalue weighted by Gasteiger charge is -2.37. The maximum atomic E-state index is 12.8.